The van der Waals surface area contributed by atoms with Crippen molar-refractivity contribution in [3.05, 3.63) is 52.6 Å². The van der Waals surface area contributed by atoms with Gasteiger partial charge in [-0.1, -0.05) is 18.2 Å². The van der Waals surface area contributed by atoms with Gasteiger partial charge < -0.3 is 14.5 Å². The molecule has 0 spiro atoms. The molecule has 2 heterocycles. The lowest BCUT2D eigenvalue weighted by molar-refractivity contribution is -0.119. The monoisotopic (exact) mass is 386 g/mol. The van der Waals surface area contributed by atoms with Gasteiger partial charge in [0.2, 0.25) is 5.76 Å². The normalized spacial score (nSPS) is 10.5. The summed E-state index contributed by atoms with van der Waals surface area (Å²) >= 11 is 2.79. The minimum Gasteiger partial charge on any atom is -0.450 e. The van der Waals surface area contributed by atoms with Crippen molar-refractivity contribution in [3.8, 4) is 6.07 Å². The Morgan fingerprint density at radius 3 is 2.92 bits per heavy atom. The van der Waals surface area contributed by atoms with Crippen LogP contribution in [0.1, 0.15) is 21.7 Å². The van der Waals surface area contributed by atoms with Crippen molar-refractivity contribution in [1.82, 2.24) is 0 Å². The molecular weight excluding hydrogens is 372 g/mol. The maximum absolute atomic E-state index is 12.4. The number of rotatable bonds is 6. The number of thiophene rings is 1. The van der Waals surface area contributed by atoms with E-state index in [1.165, 1.54) is 11.3 Å². The predicted octanol–water partition coefficient (Wildman–Crippen LogP) is 4.02. The molecule has 0 aliphatic rings. The molecule has 3 aromatic rings. The van der Waals surface area contributed by atoms with E-state index in [1.807, 2.05) is 30.5 Å². The van der Waals surface area contributed by atoms with Crippen LogP contribution in [0, 0.1) is 11.3 Å². The molecule has 0 unspecified atom stereocenters. The van der Waals surface area contributed by atoms with E-state index in [0.29, 0.717) is 21.9 Å². The highest BCUT2D eigenvalue weighted by atomic mass is 32.2. The van der Waals surface area contributed by atoms with Gasteiger partial charge in [-0.05, 0) is 23.8 Å². The first-order valence-electron chi connectivity index (χ1n) is 7.58. The lowest BCUT2D eigenvalue weighted by Crippen LogP contribution is -2.21. The molecule has 0 saturated carbocycles. The van der Waals surface area contributed by atoms with Crippen molar-refractivity contribution in [1.29, 1.82) is 5.26 Å². The lowest BCUT2D eigenvalue weighted by Gasteiger charge is -2.05. The number of carbonyl (C=O) groups is 2. The highest BCUT2D eigenvalue weighted by Crippen LogP contribution is 2.29. The molecule has 1 aromatic carbocycles. The number of para-hydroxylation sites is 1. The van der Waals surface area contributed by atoms with E-state index < -0.39 is 18.5 Å². The maximum atomic E-state index is 12.4. The Hall–Kier alpha value is -2.76. The highest BCUT2D eigenvalue weighted by Gasteiger charge is 2.22. The number of amides is 1. The van der Waals surface area contributed by atoms with E-state index in [9.17, 15) is 9.59 Å². The van der Waals surface area contributed by atoms with Gasteiger partial charge in [-0.15, -0.1) is 11.3 Å². The molecule has 0 aliphatic heterocycles. The zero-order chi connectivity index (χ0) is 18.5. The zero-order valence-corrected chi connectivity index (χ0v) is 15.4. The predicted molar refractivity (Wildman–Crippen MR) is 101 cm³/mol. The van der Waals surface area contributed by atoms with Gasteiger partial charge in [0.25, 0.3) is 5.91 Å². The van der Waals surface area contributed by atoms with E-state index in [0.717, 1.165) is 10.9 Å². The minimum atomic E-state index is -0.688. The number of furan rings is 1. The summed E-state index contributed by atoms with van der Waals surface area (Å²) in [6, 6.07) is 10.9. The van der Waals surface area contributed by atoms with Crippen LogP contribution in [0.15, 0.2) is 40.1 Å². The van der Waals surface area contributed by atoms with E-state index in [4.69, 9.17) is 14.4 Å². The Balaban J connectivity index is 1.70. The summed E-state index contributed by atoms with van der Waals surface area (Å²) in [5.41, 5.74) is 1.72. The molecule has 1 amide bonds. The zero-order valence-electron chi connectivity index (χ0n) is 13.8. The maximum Gasteiger partial charge on any atom is 0.375 e. The van der Waals surface area contributed by atoms with Crippen LogP contribution in [0.5, 0.6) is 0 Å². The molecule has 6 nitrogen and oxygen atoms in total. The van der Waals surface area contributed by atoms with Crippen LogP contribution in [0.4, 0.5) is 5.00 Å². The summed E-state index contributed by atoms with van der Waals surface area (Å²) in [6.07, 6.45) is 1.93. The number of nitrogens with one attached hydrogen (secondary N) is 1. The largest absolute Gasteiger partial charge is 0.450 e. The van der Waals surface area contributed by atoms with Gasteiger partial charge in [0.15, 0.2) is 6.61 Å². The third kappa shape index (κ3) is 3.74. The third-order valence-corrected chi connectivity index (χ3v) is 4.95. The first kappa shape index (κ1) is 18.0. The Bertz CT molecular complexity index is 1000. The Morgan fingerprint density at radius 2 is 2.15 bits per heavy atom. The second-order valence-corrected chi connectivity index (χ2v) is 7.02. The number of anilines is 1. The van der Waals surface area contributed by atoms with Crippen molar-refractivity contribution >= 4 is 50.9 Å². The highest BCUT2D eigenvalue weighted by molar-refractivity contribution is 7.97. The van der Waals surface area contributed by atoms with Crippen molar-refractivity contribution in [2.24, 2.45) is 0 Å². The van der Waals surface area contributed by atoms with Gasteiger partial charge in [-0.2, -0.15) is 17.0 Å². The molecular formula is C18H14N2O4S2. The number of nitrogens with zero attached hydrogens (tertiary/aromatic N) is 1. The average molecular weight is 386 g/mol. The van der Waals surface area contributed by atoms with Gasteiger partial charge in [0, 0.05) is 16.7 Å². The number of benzene rings is 1. The summed E-state index contributed by atoms with van der Waals surface area (Å²) in [7, 11) is 0. The summed E-state index contributed by atoms with van der Waals surface area (Å²) in [5.74, 6) is -0.497. The topological polar surface area (TPSA) is 92.3 Å². The Kier molecular flexibility index (Phi) is 5.61. The fraction of sp³-hybridized carbons (Fsp3) is 0.167. The average Bonchev–Trinajstić information content (AvgIpc) is 3.24. The third-order valence-electron chi connectivity index (χ3n) is 3.55. The second-order valence-electron chi connectivity index (χ2n) is 5.24. The summed E-state index contributed by atoms with van der Waals surface area (Å²) in [6.45, 7) is -0.461. The van der Waals surface area contributed by atoms with E-state index in [-0.39, 0.29) is 5.76 Å². The fourth-order valence-corrected chi connectivity index (χ4v) is 3.73. The number of carbonyl (C=O) groups excluding carboxylic acids is 2. The molecule has 0 aliphatic carbocycles. The number of ether oxygens (including phenoxy) is 1. The molecule has 0 atom stereocenters. The quantitative estimate of drug-likeness (QED) is 0.643. The molecule has 132 valence electrons. The van der Waals surface area contributed by atoms with Gasteiger partial charge in [-0.3, -0.25) is 4.79 Å². The van der Waals surface area contributed by atoms with Crippen LogP contribution in [0.2, 0.25) is 0 Å². The van der Waals surface area contributed by atoms with Crippen LogP contribution in [0.3, 0.4) is 0 Å². The molecule has 0 radical (unpaired) electrons. The SMILES string of the molecule is CSCc1c(C(=O)OCC(=O)Nc2sccc2C#N)oc2ccccc12. The lowest BCUT2D eigenvalue weighted by atomic mass is 10.1. The Morgan fingerprint density at radius 1 is 1.35 bits per heavy atom. The van der Waals surface area contributed by atoms with Crippen LogP contribution in [0.25, 0.3) is 11.0 Å². The number of hydrogen-bond acceptors (Lipinski definition) is 7. The van der Waals surface area contributed by atoms with Crippen LogP contribution in [-0.4, -0.2) is 24.7 Å². The number of esters is 1. The number of fused-ring (bicyclic) bond motifs is 1. The smallest absolute Gasteiger partial charge is 0.375 e. The van der Waals surface area contributed by atoms with E-state index in [1.54, 1.807) is 29.3 Å². The molecule has 3 rings (SSSR count). The fourth-order valence-electron chi connectivity index (χ4n) is 2.40. The molecule has 26 heavy (non-hydrogen) atoms. The number of thioether (sulfide) groups is 1. The summed E-state index contributed by atoms with van der Waals surface area (Å²) in [4.78, 5) is 24.4. The second kappa shape index (κ2) is 8.08. The molecule has 0 fully saturated rings. The summed E-state index contributed by atoms with van der Waals surface area (Å²) in [5, 5.41) is 14.5. The standard InChI is InChI=1S/C18H14N2O4S2/c1-25-10-13-12-4-2-3-5-14(12)24-16(13)18(22)23-9-15(21)20-17-11(8-19)6-7-26-17/h2-7H,9-10H2,1H3,(H,20,21). The minimum absolute atomic E-state index is 0.113. The van der Waals surface area contributed by atoms with Crippen molar-refractivity contribution in [2.75, 3.05) is 18.2 Å². The van der Waals surface area contributed by atoms with Crippen molar-refractivity contribution < 1.29 is 18.7 Å². The van der Waals surface area contributed by atoms with E-state index >= 15 is 0 Å². The molecule has 8 heteroatoms. The van der Waals surface area contributed by atoms with Crippen LogP contribution < -0.4 is 5.32 Å². The van der Waals surface area contributed by atoms with Crippen LogP contribution in [-0.2, 0) is 15.3 Å². The van der Waals surface area contributed by atoms with E-state index in [2.05, 4.69) is 5.32 Å². The van der Waals surface area contributed by atoms with Gasteiger partial charge >= 0.3 is 5.97 Å². The van der Waals surface area contributed by atoms with Crippen LogP contribution >= 0.6 is 23.1 Å². The van der Waals surface area contributed by atoms with Gasteiger partial charge in [0.05, 0.1) is 5.56 Å². The van der Waals surface area contributed by atoms with Gasteiger partial charge in [0.1, 0.15) is 16.7 Å². The number of nitriles is 1. The molecule has 1 N–H and O–H groups in total. The first-order valence-corrected chi connectivity index (χ1v) is 9.85. The first-order chi connectivity index (χ1) is 12.6. The number of hydrogen-bond donors (Lipinski definition) is 1. The van der Waals surface area contributed by atoms with Crippen molar-refractivity contribution in [3.63, 3.8) is 0 Å². The Labute approximate surface area is 157 Å². The van der Waals surface area contributed by atoms with Crippen molar-refractivity contribution in [2.45, 2.75) is 5.75 Å². The van der Waals surface area contributed by atoms with Gasteiger partial charge in [-0.25, -0.2) is 4.79 Å². The molecule has 2 aromatic heterocycles. The summed E-state index contributed by atoms with van der Waals surface area (Å²) < 4.78 is 10.7. The molecule has 0 bridgehead atoms. The molecule has 0 saturated heterocycles.